The lowest BCUT2D eigenvalue weighted by atomic mass is 10.2. The summed E-state index contributed by atoms with van der Waals surface area (Å²) in [4.78, 5) is 24.5. The number of fused-ring (bicyclic) bond motifs is 1. The fourth-order valence-electron chi connectivity index (χ4n) is 1.53. The van der Waals surface area contributed by atoms with Crippen molar-refractivity contribution in [3.05, 3.63) is 39.4 Å². The van der Waals surface area contributed by atoms with Gasteiger partial charge in [0.05, 0.1) is 23.4 Å². The minimum Gasteiger partial charge on any atom is -0.548 e. The van der Waals surface area contributed by atoms with Crippen LogP contribution >= 0.6 is 12.2 Å². The SMILES string of the molecule is O=C([O-])Cn1c(=S)[nH]c(=O)c2ccccc21. The second-order valence-corrected chi connectivity index (χ2v) is 3.62. The number of carbonyl (C=O) groups excluding carboxylic acids is 1. The Morgan fingerprint density at radius 2 is 2.12 bits per heavy atom. The molecular weight excluding hydrogens is 228 g/mol. The fraction of sp³-hybridized carbons (Fsp3) is 0.100. The maximum absolute atomic E-state index is 11.5. The standard InChI is InChI=1S/C10H8N2O3S/c13-8(14)5-12-7-4-2-1-3-6(7)9(15)11-10(12)16/h1-4H,5H2,(H,13,14)(H,11,15,16)/p-1. The third-order valence-electron chi connectivity index (χ3n) is 2.19. The molecule has 0 saturated carbocycles. The van der Waals surface area contributed by atoms with Crippen molar-refractivity contribution in [1.29, 1.82) is 0 Å². The van der Waals surface area contributed by atoms with Gasteiger partial charge in [-0.25, -0.2) is 0 Å². The van der Waals surface area contributed by atoms with Crippen LogP contribution in [0.4, 0.5) is 0 Å². The van der Waals surface area contributed by atoms with Gasteiger partial charge in [-0.05, 0) is 24.4 Å². The molecule has 1 aromatic heterocycles. The van der Waals surface area contributed by atoms with Crippen LogP contribution in [0.1, 0.15) is 0 Å². The van der Waals surface area contributed by atoms with E-state index in [0.29, 0.717) is 10.9 Å². The number of hydrogen-bond donors (Lipinski definition) is 1. The van der Waals surface area contributed by atoms with Gasteiger partial charge in [0.1, 0.15) is 0 Å². The number of para-hydroxylation sites is 1. The molecule has 0 amide bonds. The van der Waals surface area contributed by atoms with Crippen molar-refractivity contribution in [3.8, 4) is 0 Å². The quantitative estimate of drug-likeness (QED) is 0.732. The fourth-order valence-corrected chi connectivity index (χ4v) is 1.78. The summed E-state index contributed by atoms with van der Waals surface area (Å²) in [7, 11) is 0. The van der Waals surface area contributed by atoms with Crippen LogP contribution in [0.15, 0.2) is 29.1 Å². The van der Waals surface area contributed by atoms with Gasteiger partial charge in [-0.15, -0.1) is 0 Å². The number of nitrogens with zero attached hydrogens (tertiary/aromatic N) is 1. The number of H-pyrrole nitrogens is 1. The zero-order valence-corrected chi connectivity index (χ0v) is 8.91. The molecule has 0 saturated heterocycles. The third kappa shape index (κ3) is 1.74. The molecule has 82 valence electrons. The lowest BCUT2D eigenvalue weighted by molar-refractivity contribution is -0.306. The van der Waals surface area contributed by atoms with Gasteiger partial charge in [-0.1, -0.05) is 12.1 Å². The van der Waals surface area contributed by atoms with E-state index in [1.807, 2.05) is 0 Å². The summed E-state index contributed by atoms with van der Waals surface area (Å²) in [6.07, 6.45) is 0. The van der Waals surface area contributed by atoms with E-state index in [-0.39, 0.29) is 16.9 Å². The van der Waals surface area contributed by atoms with Gasteiger partial charge in [0.15, 0.2) is 4.77 Å². The highest BCUT2D eigenvalue weighted by atomic mass is 32.1. The highest BCUT2D eigenvalue weighted by molar-refractivity contribution is 7.71. The molecule has 5 nitrogen and oxygen atoms in total. The van der Waals surface area contributed by atoms with E-state index in [2.05, 4.69) is 4.98 Å². The zero-order valence-electron chi connectivity index (χ0n) is 8.10. The Kier molecular flexibility index (Phi) is 2.57. The summed E-state index contributed by atoms with van der Waals surface area (Å²) in [5.41, 5.74) is 0.163. The van der Waals surface area contributed by atoms with Gasteiger partial charge in [0.2, 0.25) is 0 Å². The number of hydrogen-bond acceptors (Lipinski definition) is 4. The highest BCUT2D eigenvalue weighted by Crippen LogP contribution is 2.08. The van der Waals surface area contributed by atoms with Gasteiger partial charge in [-0.3, -0.25) is 9.78 Å². The molecule has 0 aliphatic rings. The molecule has 6 heteroatoms. The first-order chi connectivity index (χ1) is 7.59. The van der Waals surface area contributed by atoms with Crippen LogP contribution in [0.2, 0.25) is 0 Å². The summed E-state index contributed by atoms with van der Waals surface area (Å²) < 4.78 is 1.40. The normalized spacial score (nSPS) is 10.5. The Bertz CT molecular complexity index is 672. The summed E-state index contributed by atoms with van der Waals surface area (Å²) in [6, 6.07) is 6.66. The number of carboxylic acids is 1. The number of aromatic nitrogens is 2. The third-order valence-corrected chi connectivity index (χ3v) is 2.51. The molecule has 0 radical (unpaired) electrons. The Morgan fingerprint density at radius 1 is 1.44 bits per heavy atom. The van der Waals surface area contributed by atoms with Crippen molar-refractivity contribution in [2.24, 2.45) is 0 Å². The first-order valence-corrected chi connectivity index (χ1v) is 4.92. The molecule has 1 aromatic carbocycles. The second-order valence-electron chi connectivity index (χ2n) is 3.23. The first kappa shape index (κ1) is 10.6. The molecule has 16 heavy (non-hydrogen) atoms. The average molecular weight is 235 g/mol. The van der Waals surface area contributed by atoms with Gasteiger partial charge in [0, 0.05) is 0 Å². The second kappa shape index (κ2) is 3.90. The maximum Gasteiger partial charge on any atom is 0.259 e. The van der Waals surface area contributed by atoms with Crippen LogP contribution in [-0.4, -0.2) is 15.5 Å². The number of nitrogens with one attached hydrogen (secondary N) is 1. The van der Waals surface area contributed by atoms with Gasteiger partial charge in [-0.2, -0.15) is 0 Å². The van der Waals surface area contributed by atoms with Gasteiger partial charge >= 0.3 is 0 Å². The van der Waals surface area contributed by atoms with Gasteiger partial charge in [0.25, 0.3) is 5.56 Å². The summed E-state index contributed by atoms with van der Waals surface area (Å²) in [6.45, 7) is -0.379. The largest absolute Gasteiger partial charge is 0.548 e. The first-order valence-electron chi connectivity index (χ1n) is 4.51. The van der Waals surface area contributed by atoms with E-state index >= 15 is 0 Å². The molecule has 0 atom stereocenters. The Labute approximate surface area is 95.0 Å². The number of aliphatic carboxylic acids is 1. The minimum atomic E-state index is -1.26. The van der Waals surface area contributed by atoms with Crippen LogP contribution in [-0.2, 0) is 11.3 Å². The molecule has 0 fully saturated rings. The monoisotopic (exact) mass is 235 g/mol. The Morgan fingerprint density at radius 3 is 2.81 bits per heavy atom. The number of benzene rings is 1. The van der Waals surface area contributed by atoms with Crippen molar-refractivity contribution in [1.82, 2.24) is 9.55 Å². The van der Waals surface area contributed by atoms with Crippen LogP contribution in [0.25, 0.3) is 10.9 Å². The van der Waals surface area contributed by atoms with E-state index in [4.69, 9.17) is 12.2 Å². The number of aromatic amines is 1. The lowest BCUT2D eigenvalue weighted by Gasteiger charge is -2.10. The number of carboxylic acid groups (broad SMARTS) is 1. The minimum absolute atomic E-state index is 0.0768. The predicted octanol–water partition coefficient (Wildman–Crippen LogP) is -0.191. The topological polar surface area (TPSA) is 77.9 Å². The van der Waals surface area contributed by atoms with Crippen molar-refractivity contribution < 1.29 is 9.90 Å². The molecule has 1 N–H and O–H groups in total. The smallest absolute Gasteiger partial charge is 0.259 e. The van der Waals surface area contributed by atoms with Crippen molar-refractivity contribution in [2.75, 3.05) is 0 Å². The number of carbonyl (C=O) groups is 1. The molecule has 2 rings (SSSR count). The van der Waals surface area contributed by atoms with E-state index in [9.17, 15) is 14.7 Å². The van der Waals surface area contributed by atoms with Crippen LogP contribution in [0, 0.1) is 4.77 Å². The molecule has 0 unspecified atom stereocenters. The van der Waals surface area contributed by atoms with Crippen molar-refractivity contribution in [3.63, 3.8) is 0 Å². The molecule has 0 bridgehead atoms. The molecule has 0 spiro atoms. The average Bonchev–Trinajstić information content (AvgIpc) is 2.24. The van der Waals surface area contributed by atoms with Crippen LogP contribution in [0.5, 0.6) is 0 Å². The van der Waals surface area contributed by atoms with E-state index in [1.54, 1.807) is 24.3 Å². The predicted molar refractivity (Wildman–Crippen MR) is 58.4 cm³/mol. The van der Waals surface area contributed by atoms with Gasteiger partial charge < -0.3 is 14.5 Å². The zero-order chi connectivity index (χ0) is 11.7. The van der Waals surface area contributed by atoms with Crippen LogP contribution in [0.3, 0.4) is 0 Å². The van der Waals surface area contributed by atoms with E-state index < -0.39 is 5.97 Å². The molecule has 1 heterocycles. The lowest BCUT2D eigenvalue weighted by Crippen LogP contribution is -2.29. The Balaban J connectivity index is 2.87. The van der Waals surface area contributed by atoms with E-state index in [1.165, 1.54) is 4.57 Å². The molecular formula is C10H7N2O3S-. The van der Waals surface area contributed by atoms with E-state index in [0.717, 1.165) is 0 Å². The van der Waals surface area contributed by atoms with Crippen LogP contribution < -0.4 is 10.7 Å². The molecule has 2 aromatic rings. The summed E-state index contributed by atoms with van der Waals surface area (Å²) >= 11 is 4.90. The molecule has 0 aliphatic heterocycles. The van der Waals surface area contributed by atoms with Crippen molar-refractivity contribution in [2.45, 2.75) is 6.54 Å². The number of rotatable bonds is 2. The highest BCUT2D eigenvalue weighted by Gasteiger charge is 2.04. The summed E-state index contributed by atoms with van der Waals surface area (Å²) in [5, 5.41) is 11.0. The summed E-state index contributed by atoms with van der Waals surface area (Å²) in [5.74, 6) is -1.26. The maximum atomic E-state index is 11.5. The molecule has 0 aliphatic carbocycles. The Hall–Kier alpha value is -1.95. The van der Waals surface area contributed by atoms with Crippen molar-refractivity contribution >= 4 is 29.1 Å².